The summed E-state index contributed by atoms with van der Waals surface area (Å²) in [6.07, 6.45) is 0. The maximum Gasteiger partial charge on any atom is -0.109 e. The van der Waals surface area contributed by atoms with Crippen molar-refractivity contribution in [3.8, 4) is 0 Å². The van der Waals surface area contributed by atoms with Crippen molar-refractivity contribution in [2.24, 2.45) is 0 Å². The van der Waals surface area contributed by atoms with E-state index in [0.717, 1.165) is 5.56 Å². The molecule has 0 aliphatic rings. The summed E-state index contributed by atoms with van der Waals surface area (Å²) >= 11 is 0. The molecule has 0 aliphatic carbocycles. The number of rotatable bonds is 0. The van der Waals surface area contributed by atoms with Crippen molar-refractivity contribution < 1.29 is 0 Å². The fourth-order valence-corrected chi connectivity index (χ4v) is 0.453. The SMILES string of the molecule is [CH-2]c1ccccc1. The molecule has 0 N–H and O–H groups in total. The topological polar surface area (TPSA) is 0 Å². The largest absolute Gasteiger partial charge is 0.391 e. The molecule has 0 aromatic heterocycles. The zero-order valence-corrected chi connectivity index (χ0v) is 3.96. The molecule has 1 aromatic carbocycles. The fraction of sp³-hybridized carbons (Fsp3) is 0. The predicted molar refractivity (Wildman–Crippen MR) is 29.8 cm³/mol. The van der Waals surface area contributed by atoms with E-state index in [1.54, 1.807) is 0 Å². The number of hydrogen-bond acceptors (Lipinski definition) is 0. The summed E-state index contributed by atoms with van der Waals surface area (Å²) in [6, 6.07) is 9.49. The van der Waals surface area contributed by atoms with Crippen LogP contribution in [0.1, 0.15) is 5.56 Å². The molecule has 0 fully saturated rings. The molecule has 0 saturated heterocycles. The van der Waals surface area contributed by atoms with E-state index in [0.29, 0.717) is 0 Å². The quantitative estimate of drug-likeness (QED) is 0.455. The summed E-state index contributed by atoms with van der Waals surface area (Å²) in [5, 5.41) is 0. The summed E-state index contributed by atoms with van der Waals surface area (Å²) in [6.45, 7) is 5.36. The lowest BCUT2D eigenvalue weighted by Gasteiger charge is -2.06. The van der Waals surface area contributed by atoms with E-state index in [4.69, 9.17) is 6.92 Å². The van der Waals surface area contributed by atoms with Crippen molar-refractivity contribution in [1.82, 2.24) is 0 Å². The Morgan fingerprint density at radius 3 is 1.86 bits per heavy atom. The van der Waals surface area contributed by atoms with Gasteiger partial charge in [0.25, 0.3) is 0 Å². The van der Waals surface area contributed by atoms with Gasteiger partial charge in [-0.25, -0.2) is 0 Å². The number of benzene rings is 1. The van der Waals surface area contributed by atoms with Gasteiger partial charge in [-0.05, 0) is 0 Å². The standard InChI is InChI=1S/C7H6/c1-7-5-3-2-4-6-7/h1-6H/q-2. The second-order valence-electron chi connectivity index (χ2n) is 1.41. The Morgan fingerprint density at radius 1 is 1.00 bits per heavy atom. The van der Waals surface area contributed by atoms with Gasteiger partial charge in [-0.3, -0.25) is 12.1 Å². The third kappa shape index (κ3) is 0.967. The lowest BCUT2D eigenvalue weighted by Crippen LogP contribution is -1.62. The van der Waals surface area contributed by atoms with Crippen molar-refractivity contribution in [1.29, 1.82) is 0 Å². The Kier molecular flexibility index (Phi) is 1.03. The Bertz CT molecular complexity index is 130. The lowest BCUT2D eigenvalue weighted by atomic mass is 10.2. The molecule has 0 bridgehead atoms. The normalized spacial score (nSPS) is 8.57. The second-order valence-corrected chi connectivity index (χ2v) is 1.41. The molecule has 0 saturated carbocycles. The maximum absolute atomic E-state index is 5.36. The highest BCUT2D eigenvalue weighted by Gasteiger charge is 1.50. The predicted octanol–water partition coefficient (Wildman–Crippen LogP) is 1.75. The first-order valence-electron chi connectivity index (χ1n) is 2.20. The van der Waals surface area contributed by atoms with Crippen molar-refractivity contribution in [2.75, 3.05) is 0 Å². The average molecular weight is 90.1 g/mol. The maximum atomic E-state index is 5.36. The van der Waals surface area contributed by atoms with E-state index < -0.39 is 0 Å². The Hall–Kier alpha value is -0.910. The van der Waals surface area contributed by atoms with Crippen LogP contribution in [0.15, 0.2) is 30.3 Å². The van der Waals surface area contributed by atoms with Gasteiger partial charge in [-0.15, -0.1) is 6.07 Å². The molecular formula is C7H6-2. The molecular weight excluding hydrogens is 84.1 g/mol. The van der Waals surface area contributed by atoms with Crippen LogP contribution in [0.5, 0.6) is 0 Å². The van der Waals surface area contributed by atoms with Gasteiger partial charge in [0, 0.05) is 0 Å². The van der Waals surface area contributed by atoms with Crippen molar-refractivity contribution >= 4 is 0 Å². The summed E-state index contributed by atoms with van der Waals surface area (Å²) in [5.41, 5.74) is 0.822. The number of hydrogen-bond donors (Lipinski definition) is 0. The molecule has 7 heavy (non-hydrogen) atoms. The van der Waals surface area contributed by atoms with Crippen LogP contribution in [0.25, 0.3) is 0 Å². The minimum absolute atomic E-state index is 0.822. The van der Waals surface area contributed by atoms with Gasteiger partial charge in [0.05, 0.1) is 0 Å². The highest BCUT2D eigenvalue weighted by Crippen LogP contribution is 1.92. The molecule has 1 rings (SSSR count). The van der Waals surface area contributed by atoms with E-state index in [1.165, 1.54) is 0 Å². The first-order chi connectivity index (χ1) is 3.39. The minimum atomic E-state index is 0.822. The average Bonchev–Trinajstić information content (AvgIpc) is 1.69. The highest BCUT2D eigenvalue weighted by molar-refractivity contribution is 5.16. The van der Waals surface area contributed by atoms with Gasteiger partial charge in [0.15, 0.2) is 0 Å². The summed E-state index contributed by atoms with van der Waals surface area (Å²) in [5.74, 6) is 0. The van der Waals surface area contributed by atoms with Crippen molar-refractivity contribution in [3.63, 3.8) is 0 Å². The van der Waals surface area contributed by atoms with Gasteiger partial charge in [-0.2, -0.15) is 12.1 Å². The molecule has 1 aromatic rings. The van der Waals surface area contributed by atoms with Gasteiger partial charge < -0.3 is 12.5 Å². The fourth-order valence-electron chi connectivity index (χ4n) is 0.453. The molecule has 0 amide bonds. The smallest absolute Gasteiger partial charge is 0.109 e. The molecule has 0 atom stereocenters. The molecule has 36 valence electrons. The lowest BCUT2D eigenvalue weighted by molar-refractivity contribution is 1.62. The highest BCUT2D eigenvalue weighted by atomic mass is 13.8. The Balaban J connectivity index is 3.02. The van der Waals surface area contributed by atoms with Gasteiger partial charge in [0.1, 0.15) is 0 Å². The van der Waals surface area contributed by atoms with Crippen LogP contribution in [-0.4, -0.2) is 0 Å². The van der Waals surface area contributed by atoms with Gasteiger partial charge >= 0.3 is 0 Å². The third-order valence-corrected chi connectivity index (χ3v) is 0.800. The minimum Gasteiger partial charge on any atom is -0.391 e. The van der Waals surface area contributed by atoms with E-state index in [2.05, 4.69) is 0 Å². The molecule has 0 unspecified atom stereocenters. The molecule has 0 aliphatic heterocycles. The molecule has 0 heterocycles. The second kappa shape index (κ2) is 1.69. The Labute approximate surface area is 43.8 Å². The zero-order valence-electron chi connectivity index (χ0n) is 3.96. The third-order valence-electron chi connectivity index (χ3n) is 0.800. The van der Waals surface area contributed by atoms with Crippen LogP contribution in [-0.2, 0) is 0 Å². The van der Waals surface area contributed by atoms with Crippen LogP contribution in [0, 0.1) is 6.92 Å². The molecule has 0 heteroatoms. The monoisotopic (exact) mass is 90.0 g/mol. The van der Waals surface area contributed by atoms with Crippen LogP contribution in [0.2, 0.25) is 0 Å². The molecule has 0 radical (unpaired) electrons. The molecule has 0 spiro atoms. The van der Waals surface area contributed by atoms with Crippen molar-refractivity contribution in [3.05, 3.63) is 42.8 Å². The van der Waals surface area contributed by atoms with Gasteiger partial charge in [-0.1, -0.05) is 0 Å². The van der Waals surface area contributed by atoms with Crippen LogP contribution in [0.3, 0.4) is 0 Å². The van der Waals surface area contributed by atoms with Crippen LogP contribution in [0.4, 0.5) is 0 Å². The van der Waals surface area contributed by atoms with Crippen LogP contribution >= 0.6 is 0 Å². The summed E-state index contributed by atoms with van der Waals surface area (Å²) in [7, 11) is 0. The van der Waals surface area contributed by atoms with Crippen molar-refractivity contribution in [2.45, 2.75) is 0 Å². The van der Waals surface area contributed by atoms with E-state index in [1.807, 2.05) is 30.3 Å². The van der Waals surface area contributed by atoms with Crippen LogP contribution < -0.4 is 0 Å². The van der Waals surface area contributed by atoms with E-state index in [9.17, 15) is 0 Å². The van der Waals surface area contributed by atoms with Gasteiger partial charge in [0.2, 0.25) is 0 Å². The first-order valence-corrected chi connectivity index (χ1v) is 2.20. The van der Waals surface area contributed by atoms with E-state index in [-0.39, 0.29) is 0 Å². The zero-order chi connectivity index (χ0) is 5.11. The summed E-state index contributed by atoms with van der Waals surface area (Å²) < 4.78 is 0. The Morgan fingerprint density at radius 2 is 1.57 bits per heavy atom. The molecule has 0 nitrogen and oxygen atoms in total. The first kappa shape index (κ1) is 4.25. The summed E-state index contributed by atoms with van der Waals surface area (Å²) in [4.78, 5) is 0. The van der Waals surface area contributed by atoms with E-state index >= 15 is 0 Å².